The molecule has 6 nitrogen and oxygen atoms in total. The van der Waals surface area contributed by atoms with E-state index < -0.39 is 5.91 Å². The number of amides is 2. The van der Waals surface area contributed by atoms with Crippen molar-refractivity contribution in [3.05, 3.63) is 83.7 Å². The molecule has 0 saturated heterocycles. The van der Waals surface area contributed by atoms with Crippen molar-refractivity contribution in [2.45, 2.75) is 13.5 Å². The maximum Gasteiger partial charge on any atom is 0.259 e. The van der Waals surface area contributed by atoms with Gasteiger partial charge in [0.05, 0.1) is 18.4 Å². The fourth-order valence-electron chi connectivity index (χ4n) is 2.80. The van der Waals surface area contributed by atoms with Gasteiger partial charge < -0.3 is 20.1 Å². The van der Waals surface area contributed by atoms with E-state index in [2.05, 4.69) is 10.6 Å². The lowest BCUT2D eigenvalue weighted by atomic mass is 10.1. The molecule has 0 heterocycles. The normalized spacial score (nSPS) is 10.2. The minimum Gasteiger partial charge on any atom is -0.495 e. The lowest BCUT2D eigenvalue weighted by Gasteiger charge is -2.14. The second-order valence-corrected chi connectivity index (χ2v) is 6.46. The molecule has 0 aromatic heterocycles. The first-order chi connectivity index (χ1) is 14.5. The molecule has 0 saturated carbocycles. The molecule has 0 unspecified atom stereocenters. The van der Waals surface area contributed by atoms with Gasteiger partial charge in [0.25, 0.3) is 5.91 Å². The minimum atomic E-state index is -0.400. The number of rotatable bonds is 7. The average molecular weight is 408 g/mol. The zero-order chi connectivity index (χ0) is 21.5. The number of nitrogens with one attached hydrogen (secondary N) is 2. The van der Waals surface area contributed by atoms with Crippen LogP contribution in [0.15, 0.2) is 66.7 Å². The Morgan fingerprint density at radius 2 is 1.67 bits per heavy atom. The van der Waals surface area contributed by atoms with E-state index in [1.165, 1.54) is 26.2 Å². The Balaban J connectivity index is 1.79. The second kappa shape index (κ2) is 9.56. The molecule has 154 valence electrons. The molecule has 2 N–H and O–H groups in total. The molecular weight excluding hydrogens is 387 g/mol. The summed E-state index contributed by atoms with van der Waals surface area (Å²) in [4.78, 5) is 24.2. The third-order valence-electron chi connectivity index (χ3n) is 4.21. The topological polar surface area (TPSA) is 76.7 Å². The molecule has 3 rings (SSSR count). The van der Waals surface area contributed by atoms with Crippen LogP contribution in [0, 0.1) is 5.82 Å². The molecule has 7 heteroatoms. The smallest absolute Gasteiger partial charge is 0.259 e. The lowest BCUT2D eigenvalue weighted by Crippen LogP contribution is -2.15. The van der Waals surface area contributed by atoms with Crippen molar-refractivity contribution in [2.75, 3.05) is 17.7 Å². The fraction of sp³-hybridized carbons (Fsp3) is 0.130. The molecule has 2 amide bonds. The van der Waals surface area contributed by atoms with Crippen LogP contribution in [0.4, 0.5) is 15.8 Å². The average Bonchev–Trinajstić information content (AvgIpc) is 2.73. The van der Waals surface area contributed by atoms with Crippen molar-refractivity contribution in [1.29, 1.82) is 0 Å². The lowest BCUT2D eigenvalue weighted by molar-refractivity contribution is -0.114. The Hall–Kier alpha value is -3.87. The number of carbonyl (C=O) groups excluding carboxylic acids is 2. The molecule has 0 bridgehead atoms. The third kappa shape index (κ3) is 5.35. The van der Waals surface area contributed by atoms with Crippen LogP contribution in [0.25, 0.3) is 0 Å². The Labute approximate surface area is 173 Å². The number of ether oxygens (including phenoxy) is 2. The minimum absolute atomic E-state index is 0.186. The number of hydrogen-bond donors (Lipinski definition) is 2. The Morgan fingerprint density at radius 3 is 2.37 bits per heavy atom. The highest BCUT2D eigenvalue weighted by atomic mass is 19.1. The van der Waals surface area contributed by atoms with Crippen molar-refractivity contribution in [2.24, 2.45) is 0 Å². The Kier molecular flexibility index (Phi) is 6.64. The largest absolute Gasteiger partial charge is 0.495 e. The molecular formula is C23H21FN2O4. The van der Waals surface area contributed by atoms with Gasteiger partial charge in [-0.1, -0.05) is 24.3 Å². The zero-order valence-electron chi connectivity index (χ0n) is 16.6. The van der Waals surface area contributed by atoms with E-state index in [-0.39, 0.29) is 18.3 Å². The van der Waals surface area contributed by atoms with Gasteiger partial charge in [-0.25, -0.2) is 4.39 Å². The van der Waals surface area contributed by atoms with Gasteiger partial charge >= 0.3 is 0 Å². The molecule has 0 fully saturated rings. The fourth-order valence-corrected chi connectivity index (χ4v) is 2.80. The SMILES string of the molecule is COc1ccc(NC(C)=O)cc1NC(=O)c1ccccc1OCc1ccc(F)cc1. The van der Waals surface area contributed by atoms with Crippen molar-refractivity contribution >= 4 is 23.2 Å². The van der Waals surface area contributed by atoms with Crippen molar-refractivity contribution < 1.29 is 23.5 Å². The van der Waals surface area contributed by atoms with E-state index in [9.17, 15) is 14.0 Å². The Bertz CT molecular complexity index is 1050. The molecule has 3 aromatic rings. The van der Waals surface area contributed by atoms with Crippen LogP contribution in [0.1, 0.15) is 22.8 Å². The molecule has 0 aliphatic rings. The molecule has 0 aliphatic heterocycles. The maximum atomic E-state index is 13.1. The third-order valence-corrected chi connectivity index (χ3v) is 4.21. The van der Waals surface area contributed by atoms with Crippen LogP contribution in [0.3, 0.4) is 0 Å². The molecule has 0 radical (unpaired) electrons. The summed E-state index contributed by atoms with van der Waals surface area (Å²) >= 11 is 0. The summed E-state index contributed by atoms with van der Waals surface area (Å²) in [6, 6.07) is 17.7. The number of para-hydroxylation sites is 1. The predicted molar refractivity (Wildman–Crippen MR) is 112 cm³/mol. The quantitative estimate of drug-likeness (QED) is 0.598. The van der Waals surface area contributed by atoms with Gasteiger partial charge in [0, 0.05) is 12.6 Å². The van der Waals surface area contributed by atoms with Gasteiger partial charge in [-0.2, -0.15) is 0 Å². The predicted octanol–water partition coefficient (Wildman–Crippen LogP) is 4.62. The van der Waals surface area contributed by atoms with E-state index in [1.54, 1.807) is 54.6 Å². The summed E-state index contributed by atoms with van der Waals surface area (Å²) in [5.41, 5.74) is 2.03. The van der Waals surface area contributed by atoms with E-state index in [1.807, 2.05) is 0 Å². The second-order valence-electron chi connectivity index (χ2n) is 6.46. The van der Waals surface area contributed by atoms with Crippen molar-refractivity contribution in [3.63, 3.8) is 0 Å². The van der Waals surface area contributed by atoms with Gasteiger partial charge in [-0.05, 0) is 48.0 Å². The van der Waals surface area contributed by atoms with E-state index in [0.29, 0.717) is 28.4 Å². The van der Waals surface area contributed by atoms with Crippen LogP contribution in [0.2, 0.25) is 0 Å². The van der Waals surface area contributed by atoms with Gasteiger partial charge in [0.1, 0.15) is 23.9 Å². The molecule has 0 aliphatic carbocycles. The highest BCUT2D eigenvalue weighted by Crippen LogP contribution is 2.29. The van der Waals surface area contributed by atoms with Crippen LogP contribution in [0.5, 0.6) is 11.5 Å². The van der Waals surface area contributed by atoms with Crippen LogP contribution in [-0.2, 0) is 11.4 Å². The maximum absolute atomic E-state index is 13.1. The number of anilines is 2. The van der Waals surface area contributed by atoms with Gasteiger partial charge in [0.15, 0.2) is 0 Å². The molecule has 0 spiro atoms. The summed E-state index contributed by atoms with van der Waals surface area (Å²) in [5, 5.41) is 5.46. The van der Waals surface area contributed by atoms with Crippen molar-refractivity contribution in [1.82, 2.24) is 0 Å². The van der Waals surface area contributed by atoms with Crippen LogP contribution < -0.4 is 20.1 Å². The van der Waals surface area contributed by atoms with E-state index >= 15 is 0 Å². The summed E-state index contributed by atoms with van der Waals surface area (Å²) in [6.07, 6.45) is 0. The number of carbonyl (C=O) groups is 2. The molecule has 3 aromatic carbocycles. The van der Waals surface area contributed by atoms with Gasteiger partial charge in [0.2, 0.25) is 5.91 Å². The Morgan fingerprint density at radius 1 is 0.933 bits per heavy atom. The van der Waals surface area contributed by atoms with Gasteiger partial charge in [-0.15, -0.1) is 0 Å². The summed E-state index contributed by atoms with van der Waals surface area (Å²) in [7, 11) is 1.49. The molecule has 30 heavy (non-hydrogen) atoms. The first-order valence-electron chi connectivity index (χ1n) is 9.19. The summed E-state index contributed by atoms with van der Waals surface area (Å²) < 4.78 is 24.1. The van der Waals surface area contributed by atoms with E-state index in [4.69, 9.17) is 9.47 Å². The van der Waals surface area contributed by atoms with Crippen LogP contribution in [-0.4, -0.2) is 18.9 Å². The monoisotopic (exact) mass is 408 g/mol. The number of hydrogen-bond acceptors (Lipinski definition) is 4. The molecule has 0 atom stereocenters. The van der Waals surface area contributed by atoms with Crippen LogP contribution >= 0.6 is 0 Å². The van der Waals surface area contributed by atoms with Gasteiger partial charge in [-0.3, -0.25) is 9.59 Å². The number of halogens is 1. The van der Waals surface area contributed by atoms with E-state index in [0.717, 1.165) is 5.56 Å². The first-order valence-corrected chi connectivity index (χ1v) is 9.19. The summed E-state index contributed by atoms with van der Waals surface area (Å²) in [6.45, 7) is 1.59. The summed E-state index contributed by atoms with van der Waals surface area (Å²) in [5.74, 6) is -0.118. The van der Waals surface area contributed by atoms with Crippen molar-refractivity contribution in [3.8, 4) is 11.5 Å². The highest BCUT2D eigenvalue weighted by molar-refractivity contribution is 6.07. The first kappa shape index (κ1) is 20.9. The zero-order valence-corrected chi connectivity index (χ0v) is 16.6. The highest BCUT2D eigenvalue weighted by Gasteiger charge is 2.15. The number of methoxy groups -OCH3 is 1. The standard InChI is InChI=1S/C23H21FN2O4/c1-15(27)25-18-11-12-22(29-2)20(13-18)26-23(28)19-5-3-4-6-21(19)30-14-16-7-9-17(24)10-8-16/h3-13H,14H2,1-2H3,(H,25,27)(H,26,28). The number of benzene rings is 3.